The van der Waals surface area contributed by atoms with E-state index >= 15 is 0 Å². The molecule has 3 aromatic carbocycles. The van der Waals surface area contributed by atoms with Gasteiger partial charge < -0.3 is 5.32 Å². The van der Waals surface area contributed by atoms with Crippen LogP contribution in [0, 0.1) is 12.7 Å². The maximum atomic E-state index is 14.4. The maximum Gasteiger partial charge on any atom is 0.261 e. The van der Waals surface area contributed by atoms with E-state index in [2.05, 4.69) is 10.0 Å². The van der Waals surface area contributed by atoms with Crippen LogP contribution in [0.25, 0.3) is 0 Å². The number of benzene rings is 3. The van der Waals surface area contributed by atoms with Crippen molar-refractivity contribution in [2.75, 3.05) is 10.0 Å². The summed E-state index contributed by atoms with van der Waals surface area (Å²) in [6.07, 6.45) is 0. The summed E-state index contributed by atoms with van der Waals surface area (Å²) in [6, 6.07) is 16.3. The molecule has 0 aliphatic heterocycles. The summed E-state index contributed by atoms with van der Waals surface area (Å²) < 4.78 is 41.7. The van der Waals surface area contributed by atoms with Gasteiger partial charge in [0.2, 0.25) is 0 Å². The fourth-order valence-corrected chi connectivity index (χ4v) is 3.73. The minimum Gasteiger partial charge on any atom is -0.319 e. The van der Waals surface area contributed by atoms with E-state index in [1.165, 1.54) is 18.2 Å². The van der Waals surface area contributed by atoms with E-state index in [4.69, 9.17) is 11.6 Å². The standard InChI is InChI=1S/C20H16ClFN2O3S/c1-13-6-8-14(9-7-13)24-28(26,27)15-10-11-19(18(22)12-15)23-20(25)16-4-2-3-5-17(16)21/h2-12,24H,1H3,(H,23,25). The molecule has 0 saturated carbocycles. The second-order valence-corrected chi connectivity index (χ2v) is 8.14. The zero-order chi connectivity index (χ0) is 20.3. The predicted molar refractivity (Wildman–Crippen MR) is 108 cm³/mol. The Balaban J connectivity index is 1.80. The van der Waals surface area contributed by atoms with Crippen molar-refractivity contribution in [1.29, 1.82) is 0 Å². The van der Waals surface area contributed by atoms with Crippen molar-refractivity contribution in [3.63, 3.8) is 0 Å². The van der Waals surface area contributed by atoms with E-state index < -0.39 is 21.7 Å². The van der Waals surface area contributed by atoms with Crippen molar-refractivity contribution in [1.82, 2.24) is 0 Å². The van der Waals surface area contributed by atoms with Gasteiger partial charge in [0.05, 0.1) is 21.2 Å². The van der Waals surface area contributed by atoms with Gasteiger partial charge in [0.1, 0.15) is 5.82 Å². The minimum atomic E-state index is -3.98. The molecule has 0 saturated heterocycles. The Morgan fingerprint density at radius 1 is 1.00 bits per heavy atom. The monoisotopic (exact) mass is 418 g/mol. The number of sulfonamides is 1. The highest BCUT2D eigenvalue weighted by atomic mass is 35.5. The van der Waals surface area contributed by atoms with Crippen LogP contribution in [-0.4, -0.2) is 14.3 Å². The predicted octanol–water partition coefficient (Wildman–Crippen LogP) is 4.84. The molecule has 144 valence electrons. The lowest BCUT2D eigenvalue weighted by Crippen LogP contribution is -2.15. The van der Waals surface area contributed by atoms with Crippen LogP contribution in [0.15, 0.2) is 71.6 Å². The van der Waals surface area contributed by atoms with Crippen molar-refractivity contribution >= 4 is 38.9 Å². The Morgan fingerprint density at radius 3 is 2.32 bits per heavy atom. The molecular weight excluding hydrogens is 403 g/mol. The molecule has 0 spiro atoms. The quantitative estimate of drug-likeness (QED) is 0.622. The van der Waals surface area contributed by atoms with E-state index in [1.807, 2.05) is 6.92 Å². The number of hydrogen-bond acceptors (Lipinski definition) is 3. The molecule has 0 bridgehead atoms. The van der Waals surface area contributed by atoms with E-state index in [9.17, 15) is 17.6 Å². The molecule has 0 aliphatic carbocycles. The van der Waals surface area contributed by atoms with Crippen LogP contribution in [0.3, 0.4) is 0 Å². The number of halogens is 2. The zero-order valence-corrected chi connectivity index (χ0v) is 16.3. The van der Waals surface area contributed by atoms with Gasteiger partial charge in [0, 0.05) is 5.69 Å². The molecule has 28 heavy (non-hydrogen) atoms. The molecule has 0 heterocycles. The first kappa shape index (κ1) is 19.9. The van der Waals surface area contributed by atoms with Gasteiger partial charge in [-0.15, -0.1) is 0 Å². The molecule has 0 aliphatic rings. The normalized spacial score (nSPS) is 11.1. The first-order valence-electron chi connectivity index (χ1n) is 8.21. The van der Waals surface area contributed by atoms with Gasteiger partial charge >= 0.3 is 0 Å². The summed E-state index contributed by atoms with van der Waals surface area (Å²) in [5.74, 6) is -1.48. The van der Waals surface area contributed by atoms with Gasteiger partial charge in [0.25, 0.3) is 15.9 Å². The van der Waals surface area contributed by atoms with Crippen LogP contribution in [0.5, 0.6) is 0 Å². The summed E-state index contributed by atoms with van der Waals surface area (Å²) in [4.78, 5) is 12.0. The largest absolute Gasteiger partial charge is 0.319 e. The van der Waals surface area contributed by atoms with E-state index in [1.54, 1.807) is 42.5 Å². The van der Waals surface area contributed by atoms with Crippen LogP contribution < -0.4 is 10.0 Å². The molecule has 5 nitrogen and oxygen atoms in total. The highest BCUT2D eigenvalue weighted by Gasteiger charge is 2.18. The molecule has 0 radical (unpaired) electrons. The SMILES string of the molecule is Cc1ccc(NS(=O)(=O)c2ccc(NC(=O)c3ccccc3Cl)c(F)c2)cc1. The number of hydrogen-bond donors (Lipinski definition) is 2. The second-order valence-electron chi connectivity index (χ2n) is 6.05. The van der Waals surface area contributed by atoms with Crippen LogP contribution in [0.1, 0.15) is 15.9 Å². The molecule has 1 amide bonds. The summed E-state index contributed by atoms with van der Waals surface area (Å²) >= 11 is 5.95. The van der Waals surface area contributed by atoms with Gasteiger partial charge in [-0.2, -0.15) is 0 Å². The fourth-order valence-electron chi connectivity index (χ4n) is 2.44. The van der Waals surface area contributed by atoms with E-state index in [0.717, 1.165) is 11.6 Å². The molecule has 0 fully saturated rings. The van der Waals surface area contributed by atoms with Crippen molar-refractivity contribution in [2.24, 2.45) is 0 Å². The van der Waals surface area contributed by atoms with Gasteiger partial charge in [-0.25, -0.2) is 12.8 Å². The van der Waals surface area contributed by atoms with Crippen LogP contribution in [0.2, 0.25) is 5.02 Å². The average Bonchev–Trinajstić information content (AvgIpc) is 2.65. The molecule has 0 atom stereocenters. The van der Waals surface area contributed by atoms with Gasteiger partial charge in [-0.1, -0.05) is 41.4 Å². The lowest BCUT2D eigenvalue weighted by Gasteiger charge is -2.11. The Labute approximate surface area is 167 Å². The smallest absolute Gasteiger partial charge is 0.261 e. The number of carbonyl (C=O) groups excluding carboxylic acids is 1. The Bertz CT molecular complexity index is 1130. The Hall–Kier alpha value is -2.90. The molecule has 2 N–H and O–H groups in total. The van der Waals surface area contributed by atoms with Crippen molar-refractivity contribution in [3.8, 4) is 0 Å². The van der Waals surface area contributed by atoms with Gasteiger partial charge in [-0.3, -0.25) is 9.52 Å². The highest BCUT2D eigenvalue weighted by Crippen LogP contribution is 2.23. The lowest BCUT2D eigenvalue weighted by atomic mass is 10.2. The highest BCUT2D eigenvalue weighted by molar-refractivity contribution is 7.92. The number of aryl methyl sites for hydroxylation is 1. The summed E-state index contributed by atoms with van der Waals surface area (Å²) in [7, 11) is -3.98. The van der Waals surface area contributed by atoms with Gasteiger partial charge in [-0.05, 0) is 49.4 Å². The van der Waals surface area contributed by atoms with Crippen LogP contribution in [0.4, 0.5) is 15.8 Å². The van der Waals surface area contributed by atoms with E-state index in [0.29, 0.717) is 5.69 Å². The minimum absolute atomic E-state index is 0.154. The number of amides is 1. The Morgan fingerprint density at radius 2 is 1.68 bits per heavy atom. The number of anilines is 2. The third kappa shape index (κ3) is 4.49. The molecule has 8 heteroatoms. The fraction of sp³-hybridized carbons (Fsp3) is 0.0500. The van der Waals surface area contributed by atoms with Crippen molar-refractivity contribution in [2.45, 2.75) is 11.8 Å². The molecule has 0 aromatic heterocycles. The molecule has 3 aromatic rings. The average molecular weight is 419 g/mol. The Kier molecular flexibility index (Phi) is 5.67. The van der Waals surface area contributed by atoms with Gasteiger partial charge in [0.15, 0.2) is 0 Å². The van der Waals surface area contributed by atoms with Crippen molar-refractivity contribution in [3.05, 3.63) is 88.7 Å². The topological polar surface area (TPSA) is 75.3 Å². The summed E-state index contributed by atoms with van der Waals surface area (Å²) in [5.41, 5.74) is 1.37. The molecular formula is C20H16ClFN2O3S. The third-order valence-corrected chi connectivity index (χ3v) is 5.63. The number of nitrogens with one attached hydrogen (secondary N) is 2. The number of carbonyl (C=O) groups is 1. The zero-order valence-electron chi connectivity index (χ0n) is 14.7. The first-order chi connectivity index (χ1) is 13.3. The summed E-state index contributed by atoms with van der Waals surface area (Å²) in [6.45, 7) is 1.88. The third-order valence-electron chi connectivity index (χ3n) is 3.92. The summed E-state index contributed by atoms with van der Waals surface area (Å²) in [5, 5.41) is 2.61. The van der Waals surface area contributed by atoms with E-state index in [-0.39, 0.29) is 21.2 Å². The lowest BCUT2D eigenvalue weighted by molar-refractivity contribution is 0.102. The van der Waals surface area contributed by atoms with Crippen molar-refractivity contribution < 1.29 is 17.6 Å². The maximum absolute atomic E-state index is 14.4. The second kappa shape index (κ2) is 8.00. The van der Waals surface area contributed by atoms with Crippen LogP contribution in [-0.2, 0) is 10.0 Å². The first-order valence-corrected chi connectivity index (χ1v) is 10.1. The van der Waals surface area contributed by atoms with Crippen LogP contribution >= 0.6 is 11.6 Å². The number of rotatable bonds is 5. The molecule has 0 unspecified atom stereocenters. The molecule has 3 rings (SSSR count).